The minimum absolute atomic E-state index is 0.00908. The molecule has 2 rings (SSSR count). The number of nitrogens with zero attached hydrogens (tertiary/aromatic N) is 1. The largest absolute Gasteiger partial charge is 0.458 e. The normalized spacial score (nSPS) is 17.3. The smallest absolute Gasteiger partial charge is 0.309 e. The number of carbonyl (C=O) groups excluding carboxylic acids is 1. The molecule has 0 spiro atoms. The first kappa shape index (κ1) is 11.5. The van der Waals surface area contributed by atoms with Gasteiger partial charge in [-0.2, -0.15) is 0 Å². The summed E-state index contributed by atoms with van der Waals surface area (Å²) in [5.41, 5.74) is 0.974. The van der Waals surface area contributed by atoms with Gasteiger partial charge in [-0.1, -0.05) is 0 Å². The van der Waals surface area contributed by atoms with E-state index in [1.165, 1.54) is 11.3 Å². The second-order valence-corrected chi connectivity index (χ2v) is 4.82. The van der Waals surface area contributed by atoms with E-state index in [1.807, 2.05) is 12.3 Å². The van der Waals surface area contributed by atoms with Crippen molar-refractivity contribution in [2.24, 2.45) is 5.92 Å². The molecule has 0 bridgehead atoms. The molecule has 0 aromatic carbocycles. The van der Waals surface area contributed by atoms with Crippen LogP contribution >= 0.6 is 11.3 Å². The molecule has 5 heteroatoms. The van der Waals surface area contributed by atoms with Gasteiger partial charge in [-0.05, 0) is 19.8 Å². The Balaban J connectivity index is 1.78. The predicted octanol–water partition coefficient (Wildman–Crippen LogP) is 1.92. The highest BCUT2D eigenvalue weighted by Gasteiger charge is 2.23. The van der Waals surface area contributed by atoms with Crippen LogP contribution in [0, 0.1) is 12.8 Å². The second kappa shape index (κ2) is 5.41. The van der Waals surface area contributed by atoms with Gasteiger partial charge >= 0.3 is 5.97 Å². The molecule has 1 aromatic heterocycles. The zero-order valence-electron chi connectivity index (χ0n) is 9.27. The molecular formula is C11H15NO3S. The summed E-state index contributed by atoms with van der Waals surface area (Å²) in [6, 6.07) is 0. The van der Waals surface area contributed by atoms with Crippen molar-refractivity contribution in [3.8, 4) is 0 Å². The van der Waals surface area contributed by atoms with Crippen LogP contribution in [0.2, 0.25) is 0 Å². The number of aromatic nitrogens is 1. The van der Waals surface area contributed by atoms with Gasteiger partial charge in [0.1, 0.15) is 11.6 Å². The molecule has 16 heavy (non-hydrogen) atoms. The van der Waals surface area contributed by atoms with E-state index < -0.39 is 0 Å². The van der Waals surface area contributed by atoms with E-state index in [4.69, 9.17) is 9.47 Å². The van der Waals surface area contributed by atoms with Gasteiger partial charge in [0.2, 0.25) is 0 Å². The molecule has 1 fully saturated rings. The molecule has 2 heterocycles. The van der Waals surface area contributed by atoms with E-state index in [-0.39, 0.29) is 11.9 Å². The van der Waals surface area contributed by atoms with Crippen LogP contribution in [0.25, 0.3) is 0 Å². The Kier molecular flexibility index (Phi) is 3.90. The lowest BCUT2D eigenvalue weighted by atomic mass is 10.0. The lowest BCUT2D eigenvalue weighted by Crippen LogP contribution is -2.25. The average molecular weight is 241 g/mol. The van der Waals surface area contributed by atoms with E-state index in [1.54, 1.807) is 0 Å². The fraction of sp³-hybridized carbons (Fsp3) is 0.636. The highest BCUT2D eigenvalue weighted by molar-refractivity contribution is 7.09. The maximum Gasteiger partial charge on any atom is 0.309 e. The van der Waals surface area contributed by atoms with Crippen molar-refractivity contribution >= 4 is 17.3 Å². The van der Waals surface area contributed by atoms with Crippen LogP contribution in [0.4, 0.5) is 0 Å². The minimum atomic E-state index is -0.115. The fourth-order valence-corrected chi connectivity index (χ4v) is 2.34. The maximum atomic E-state index is 11.7. The summed E-state index contributed by atoms with van der Waals surface area (Å²) in [5.74, 6) is -0.106. The van der Waals surface area contributed by atoms with Gasteiger partial charge in [0, 0.05) is 24.3 Å². The van der Waals surface area contributed by atoms with Crippen molar-refractivity contribution in [3.63, 3.8) is 0 Å². The minimum Gasteiger partial charge on any atom is -0.458 e. The number of hydrogen-bond donors (Lipinski definition) is 0. The molecule has 0 saturated carbocycles. The Labute approximate surface area is 98.6 Å². The molecule has 0 aliphatic carbocycles. The predicted molar refractivity (Wildman–Crippen MR) is 60.2 cm³/mol. The molecule has 0 amide bonds. The van der Waals surface area contributed by atoms with Gasteiger partial charge in [0.15, 0.2) is 0 Å². The van der Waals surface area contributed by atoms with Crippen LogP contribution in [0.1, 0.15) is 23.5 Å². The van der Waals surface area contributed by atoms with Crippen LogP contribution in [-0.2, 0) is 20.9 Å². The third-order valence-electron chi connectivity index (χ3n) is 2.56. The van der Waals surface area contributed by atoms with Crippen molar-refractivity contribution in [1.29, 1.82) is 0 Å². The van der Waals surface area contributed by atoms with E-state index in [0.717, 1.165) is 23.5 Å². The number of aryl methyl sites for hydroxylation is 1. The summed E-state index contributed by atoms with van der Waals surface area (Å²) in [7, 11) is 0. The van der Waals surface area contributed by atoms with Crippen molar-refractivity contribution in [2.75, 3.05) is 13.2 Å². The van der Waals surface area contributed by atoms with E-state index in [2.05, 4.69) is 4.98 Å². The van der Waals surface area contributed by atoms with Crippen LogP contribution < -0.4 is 0 Å². The molecule has 1 aliphatic heterocycles. The molecule has 0 N–H and O–H groups in total. The summed E-state index contributed by atoms with van der Waals surface area (Å²) >= 11 is 1.53. The van der Waals surface area contributed by atoms with Crippen LogP contribution in [-0.4, -0.2) is 24.2 Å². The number of esters is 1. The maximum absolute atomic E-state index is 11.7. The van der Waals surface area contributed by atoms with E-state index >= 15 is 0 Å². The Bertz CT molecular complexity index is 358. The molecular weight excluding hydrogens is 226 g/mol. The Hall–Kier alpha value is -0.940. The van der Waals surface area contributed by atoms with Crippen LogP contribution in [0.15, 0.2) is 5.38 Å². The zero-order chi connectivity index (χ0) is 11.4. The average Bonchev–Trinajstić information content (AvgIpc) is 2.73. The fourth-order valence-electron chi connectivity index (χ4n) is 1.65. The molecule has 0 atom stereocenters. The molecule has 1 aliphatic rings. The van der Waals surface area contributed by atoms with Gasteiger partial charge in [0.05, 0.1) is 5.92 Å². The van der Waals surface area contributed by atoms with Crippen molar-refractivity contribution in [2.45, 2.75) is 26.4 Å². The van der Waals surface area contributed by atoms with Gasteiger partial charge in [-0.25, -0.2) is 4.98 Å². The van der Waals surface area contributed by atoms with Gasteiger partial charge < -0.3 is 9.47 Å². The highest BCUT2D eigenvalue weighted by atomic mass is 32.1. The van der Waals surface area contributed by atoms with Gasteiger partial charge in [-0.15, -0.1) is 11.3 Å². The molecule has 0 unspecified atom stereocenters. The Morgan fingerprint density at radius 1 is 1.62 bits per heavy atom. The van der Waals surface area contributed by atoms with E-state index in [9.17, 15) is 4.79 Å². The number of carbonyl (C=O) groups is 1. The van der Waals surface area contributed by atoms with Crippen molar-refractivity contribution < 1.29 is 14.3 Å². The molecule has 4 nitrogen and oxygen atoms in total. The Morgan fingerprint density at radius 2 is 2.38 bits per heavy atom. The first-order valence-electron chi connectivity index (χ1n) is 5.41. The topological polar surface area (TPSA) is 48.4 Å². The van der Waals surface area contributed by atoms with Crippen molar-refractivity contribution in [1.82, 2.24) is 4.98 Å². The molecule has 1 saturated heterocycles. The number of hydrogen-bond acceptors (Lipinski definition) is 5. The number of ether oxygens (including phenoxy) is 2. The molecule has 0 radical (unpaired) electrons. The number of rotatable bonds is 3. The SMILES string of the molecule is Cc1csc(COC(=O)C2CCOCC2)n1. The van der Waals surface area contributed by atoms with Crippen LogP contribution in [0.3, 0.4) is 0 Å². The third-order valence-corrected chi connectivity index (χ3v) is 3.50. The lowest BCUT2D eigenvalue weighted by Gasteiger charge is -2.20. The second-order valence-electron chi connectivity index (χ2n) is 3.88. The van der Waals surface area contributed by atoms with Gasteiger partial charge in [0.25, 0.3) is 0 Å². The van der Waals surface area contributed by atoms with Gasteiger partial charge in [-0.3, -0.25) is 4.79 Å². The first-order valence-corrected chi connectivity index (χ1v) is 6.29. The quantitative estimate of drug-likeness (QED) is 0.759. The molecule has 88 valence electrons. The summed E-state index contributed by atoms with van der Waals surface area (Å²) in [4.78, 5) is 15.9. The zero-order valence-corrected chi connectivity index (χ0v) is 10.1. The van der Waals surface area contributed by atoms with Crippen molar-refractivity contribution in [3.05, 3.63) is 16.1 Å². The first-order chi connectivity index (χ1) is 7.75. The van der Waals surface area contributed by atoms with Crippen LogP contribution in [0.5, 0.6) is 0 Å². The number of thiazole rings is 1. The lowest BCUT2D eigenvalue weighted by molar-refractivity contribution is -0.153. The summed E-state index contributed by atoms with van der Waals surface area (Å²) in [5, 5.41) is 2.82. The summed E-state index contributed by atoms with van der Waals surface area (Å²) in [6.07, 6.45) is 1.55. The third kappa shape index (κ3) is 3.02. The Morgan fingerprint density at radius 3 is 3.00 bits per heavy atom. The summed E-state index contributed by atoms with van der Waals surface area (Å²) < 4.78 is 10.4. The standard InChI is InChI=1S/C11H15NO3S/c1-8-7-16-10(12-8)6-15-11(13)9-2-4-14-5-3-9/h7,9H,2-6H2,1H3. The summed E-state index contributed by atoms with van der Waals surface area (Å²) in [6.45, 7) is 3.56. The monoisotopic (exact) mass is 241 g/mol. The highest BCUT2D eigenvalue weighted by Crippen LogP contribution is 2.17. The molecule has 1 aromatic rings. The van der Waals surface area contributed by atoms with E-state index in [0.29, 0.717) is 19.8 Å².